The van der Waals surface area contributed by atoms with Crippen LogP contribution in [0.15, 0.2) is 12.2 Å². The highest BCUT2D eigenvalue weighted by molar-refractivity contribution is 5.90. The minimum absolute atomic E-state index is 0.0811. The third-order valence-electron chi connectivity index (χ3n) is 3.98. The summed E-state index contributed by atoms with van der Waals surface area (Å²) in [6, 6.07) is -1.89. The van der Waals surface area contributed by atoms with Gasteiger partial charge >= 0.3 is 12.1 Å². The Morgan fingerprint density at radius 1 is 1.24 bits per heavy atom. The molecular formula is C17H26N2O6. The normalized spacial score (nSPS) is 28.2. The van der Waals surface area contributed by atoms with Crippen LogP contribution in [0, 0.1) is 0 Å². The zero-order valence-corrected chi connectivity index (χ0v) is 15.1. The van der Waals surface area contributed by atoms with Crippen molar-refractivity contribution in [2.75, 3.05) is 20.3 Å². The topological polar surface area (TPSA) is 94.2 Å². The molecule has 25 heavy (non-hydrogen) atoms. The van der Waals surface area contributed by atoms with Crippen molar-refractivity contribution >= 4 is 18.0 Å². The van der Waals surface area contributed by atoms with Crippen molar-refractivity contribution in [3.8, 4) is 0 Å². The molecule has 2 rings (SSSR count). The lowest BCUT2D eigenvalue weighted by atomic mass is 10.0. The number of amides is 2. The molecule has 1 N–H and O–H groups in total. The molecule has 0 aromatic rings. The van der Waals surface area contributed by atoms with E-state index in [1.165, 1.54) is 12.0 Å². The quantitative estimate of drug-likeness (QED) is 0.587. The summed E-state index contributed by atoms with van der Waals surface area (Å²) in [5.74, 6) is -0.863. The highest BCUT2D eigenvalue weighted by Gasteiger charge is 2.42. The molecule has 0 saturated carbocycles. The van der Waals surface area contributed by atoms with Gasteiger partial charge in [-0.25, -0.2) is 9.59 Å². The second-order valence-corrected chi connectivity index (χ2v) is 7.12. The Hall–Kier alpha value is -2.09. The van der Waals surface area contributed by atoms with Gasteiger partial charge in [-0.05, 0) is 33.6 Å². The number of alkyl carbamates (subject to hydrolysis) is 1. The second kappa shape index (κ2) is 7.86. The Morgan fingerprint density at radius 2 is 1.92 bits per heavy atom. The summed E-state index contributed by atoms with van der Waals surface area (Å²) in [7, 11) is 1.27. The maximum Gasteiger partial charge on any atom is 0.408 e. The number of carbonyl (C=O) groups excluding carboxylic acids is 3. The molecule has 8 heteroatoms. The van der Waals surface area contributed by atoms with E-state index in [0.29, 0.717) is 19.4 Å². The van der Waals surface area contributed by atoms with Gasteiger partial charge in [0, 0.05) is 0 Å². The maximum absolute atomic E-state index is 13.0. The Labute approximate surface area is 147 Å². The molecule has 2 aliphatic heterocycles. The molecule has 1 saturated heterocycles. The first kappa shape index (κ1) is 19.2. The molecule has 8 nitrogen and oxygen atoms in total. The predicted octanol–water partition coefficient (Wildman–Crippen LogP) is 0.999. The van der Waals surface area contributed by atoms with Crippen LogP contribution in [0.2, 0.25) is 0 Å². The molecule has 2 aliphatic rings. The number of methoxy groups -OCH3 is 1. The summed E-state index contributed by atoms with van der Waals surface area (Å²) in [6.07, 6.45) is 4.02. The Balaban J connectivity index is 2.20. The van der Waals surface area contributed by atoms with E-state index in [1.54, 1.807) is 20.8 Å². The fourth-order valence-corrected chi connectivity index (χ4v) is 2.90. The molecule has 0 unspecified atom stereocenters. The zero-order chi connectivity index (χ0) is 18.6. The fourth-order valence-electron chi connectivity index (χ4n) is 2.90. The summed E-state index contributed by atoms with van der Waals surface area (Å²) in [6.45, 7) is 5.66. The molecule has 0 aromatic heterocycles. The number of fused-ring (bicyclic) bond motifs is 1. The SMILES string of the molecule is COC(=O)[C@@H]1COC[C@@H]2C/C=C\C[C@H](NC(=O)OC(C)(C)C)C(=O)N21. The smallest absolute Gasteiger partial charge is 0.408 e. The molecule has 0 bridgehead atoms. The van der Waals surface area contributed by atoms with Crippen LogP contribution in [0.1, 0.15) is 33.6 Å². The van der Waals surface area contributed by atoms with Crippen LogP contribution < -0.4 is 5.32 Å². The van der Waals surface area contributed by atoms with Crippen LogP contribution in [0.25, 0.3) is 0 Å². The molecular weight excluding hydrogens is 328 g/mol. The van der Waals surface area contributed by atoms with Crippen LogP contribution >= 0.6 is 0 Å². The lowest BCUT2D eigenvalue weighted by molar-refractivity contribution is -0.167. The summed E-state index contributed by atoms with van der Waals surface area (Å²) in [4.78, 5) is 38.6. The molecule has 2 heterocycles. The number of hydrogen-bond donors (Lipinski definition) is 1. The fraction of sp³-hybridized carbons (Fsp3) is 0.706. The molecule has 140 valence electrons. The number of nitrogens with zero attached hydrogens (tertiary/aromatic N) is 1. The van der Waals surface area contributed by atoms with Crippen LogP contribution in [-0.2, 0) is 23.8 Å². The van der Waals surface area contributed by atoms with Gasteiger partial charge in [-0.15, -0.1) is 0 Å². The van der Waals surface area contributed by atoms with Gasteiger partial charge in [0.05, 0.1) is 26.4 Å². The first-order valence-electron chi connectivity index (χ1n) is 8.35. The lowest BCUT2D eigenvalue weighted by Crippen LogP contribution is -2.62. The van der Waals surface area contributed by atoms with Gasteiger partial charge in [-0.3, -0.25) is 4.79 Å². The summed E-state index contributed by atoms with van der Waals surface area (Å²) < 4.78 is 15.5. The predicted molar refractivity (Wildman–Crippen MR) is 88.8 cm³/mol. The Bertz CT molecular complexity index is 554. The van der Waals surface area contributed by atoms with Gasteiger partial charge in [0.25, 0.3) is 0 Å². The number of esters is 1. The average molecular weight is 354 g/mol. The zero-order valence-electron chi connectivity index (χ0n) is 15.1. The van der Waals surface area contributed by atoms with E-state index < -0.39 is 29.7 Å². The van der Waals surface area contributed by atoms with E-state index in [1.807, 2.05) is 12.2 Å². The third-order valence-corrected chi connectivity index (χ3v) is 3.98. The number of ether oxygens (including phenoxy) is 3. The highest BCUT2D eigenvalue weighted by atomic mass is 16.6. The Morgan fingerprint density at radius 3 is 2.56 bits per heavy atom. The number of morpholine rings is 1. The third kappa shape index (κ3) is 4.94. The van der Waals surface area contributed by atoms with E-state index in [9.17, 15) is 14.4 Å². The Kier molecular flexibility index (Phi) is 6.05. The van der Waals surface area contributed by atoms with Crippen LogP contribution in [0.5, 0.6) is 0 Å². The summed E-state index contributed by atoms with van der Waals surface area (Å²) in [5.41, 5.74) is -0.666. The van der Waals surface area contributed by atoms with Gasteiger partial charge in [-0.1, -0.05) is 12.2 Å². The van der Waals surface area contributed by atoms with Crippen molar-refractivity contribution in [3.63, 3.8) is 0 Å². The first-order chi connectivity index (χ1) is 11.7. The minimum atomic E-state index is -0.814. The molecule has 0 aliphatic carbocycles. The van der Waals surface area contributed by atoms with Crippen LogP contribution in [-0.4, -0.2) is 66.9 Å². The highest BCUT2D eigenvalue weighted by Crippen LogP contribution is 2.22. The molecule has 0 spiro atoms. The second-order valence-electron chi connectivity index (χ2n) is 7.12. The largest absolute Gasteiger partial charge is 0.467 e. The van der Waals surface area contributed by atoms with E-state index in [0.717, 1.165) is 0 Å². The van der Waals surface area contributed by atoms with Crippen molar-refractivity contribution in [2.45, 2.75) is 57.3 Å². The van der Waals surface area contributed by atoms with Crippen LogP contribution in [0.4, 0.5) is 4.79 Å². The van der Waals surface area contributed by atoms with Crippen molar-refractivity contribution in [1.29, 1.82) is 0 Å². The van der Waals surface area contributed by atoms with Crippen molar-refractivity contribution < 1.29 is 28.6 Å². The molecule has 0 radical (unpaired) electrons. The van der Waals surface area contributed by atoms with Crippen molar-refractivity contribution in [3.05, 3.63) is 12.2 Å². The number of rotatable bonds is 2. The van der Waals surface area contributed by atoms with Crippen LogP contribution in [0.3, 0.4) is 0 Å². The van der Waals surface area contributed by atoms with Gasteiger partial charge < -0.3 is 24.4 Å². The maximum atomic E-state index is 13.0. The van der Waals surface area contributed by atoms with Crippen molar-refractivity contribution in [2.24, 2.45) is 0 Å². The molecule has 0 aromatic carbocycles. The number of hydrogen-bond acceptors (Lipinski definition) is 6. The summed E-state index contributed by atoms with van der Waals surface area (Å²) in [5, 5.41) is 2.61. The van der Waals surface area contributed by atoms with E-state index >= 15 is 0 Å². The number of carbonyl (C=O) groups is 3. The van der Waals surface area contributed by atoms with Crippen molar-refractivity contribution in [1.82, 2.24) is 10.2 Å². The van der Waals surface area contributed by atoms with Gasteiger partial charge in [-0.2, -0.15) is 0 Å². The standard InChI is InChI=1S/C17H26N2O6/c1-17(2,3)25-16(22)18-12-8-6-5-7-11-9-24-10-13(15(21)23-4)19(11)14(12)20/h5-6,11-13H,7-10H2,1-4H3,(H,18,22)/b6-5-/t11-,12-,13-/m0/s1. The van der Waals surface area contributed by atoms with E-state index in [-0.39, 0.29) is 18.6 Å². The van der Waals surface area contributed by atoms with Gasteiger partial charge in [0.2, 0.25) is 5.91 Å². The van der Waals surface area contributed by atoms with E-state index in [2.05, 4.69) is 5.32 Å². The number of nitrogens with one attached hydrogen (secondary N) is 1. The molecule has 2 amide bonds. The van der Waals surface area contributed by atoms with E-state index in [4.69, 9.17) is 14.2 Å². The minimum Gasteiger partial charge on any atom is -0.467 e. The van der Waals surface area contributed by atoms with Gasteiger partial charge in [0.1, 0.15) is 11.6 Å². The molecule has 3 atom stereocenters. The first-order valence-corrected chi connectivity index (χ1v) is 8.35. The summed E-state index contributed by atoms with van der Waals surface area (Å²) >= 11 is 0. The van der Waals surface area contributed by atoms with Gasteiger partial charge in [0.15, 0.2) is 6.04 Å². The molecule has 1 fully saturated rings. The lowest BCUT2D eigenvalue weighted by Gasteiger charge is -2.42. The monoisotopic (exact) mass is 354 g/mol. The average Bonchev–Trinajstić information content (AvgIpc) is 2.52.